The second-order valence-corrected chi connectivity index (χ2v) is 5.56. The Morgan fingerprint density at radius 3 is 2.57 bits per heavy atom. The predicted octanol–water partition coefficient (Wildman–Crippen LogP) is 4.66. The van der Waals surface area contributed by atoms with E-state index in [9.17, 15) is 4.79 Å². The number of benzene rings is 2. The summed E-state index contributed by atoms with van der Waals surface area (Å²) in [5.74, 6) is 0.809. The minimum Gasteiger partial charge on any atom is -0.457 e. The molecule has 1 amide bonds. The number of nitrogens with zero attached hydrogens (tertiary/aromatic N) is 1. The van der Waals surface area contributed by atoms with Crippen molar-refractivity contribution in [1.82, 2.24) is 0 Å². The van der Waals surface area contributed by atoms with E-state index in [-0.39, 0.29) is 5.91 Å². The first-order valence-electron chi connectivity index (χ1n) is 6.89. The van der Waals surface area contributed by atoms with Gasteiger partial charge in [0.25, 0.3) is 5.91 Å². The molecule has 1 N–H and O–H groups in total. The largest absolute Gasteiger partial charge is 0.457 e. The van der Waals surface area contributed by atoms with Gasteiger partial charge in [-0.25, -0.2) is 0 Å². The molecular formula is C18H12N2O2S. The molecule has 0 saturated carbocycles. The number of nitriles is 1. The number of para-hydroxylation sites is 2. The Morgan fingerprint density at radius 1 is 1.04 bits per heavy atom. The molecule has 0 unspecified atom stereocenters. The number of amides is 1. The number of ether oxygens (including phenoxy) is 1. The maximum atomic E-state index is 12.5. The fraction of sp³-hybridized carbons (Fsp3) is 0. The molecule has 0 bridgehead atoms. The van der Waals surface area contributed by atoms with Crippen molar-refractivity contribution in [1.29, 1.82) is 5.26 Å². The van der Waals surface area contributed by atoms with Gasteiger partial charge in [-0.05, 0) is 35.7 Å². The third kappa shape index (κ3) is 3.39. The molecule has 0 radical (unpaired) electrons. The quantitative estimate of drug-likeness (QED) is 0.760. The van der Waals surface area contributed by atoms with Crippen LogP contribution in [-0.2, 0) is 0 Å². The van der Waals surface area contributed by atoms with Crippen molar-refractivity contribution in [2.75, 3.05) is 5.32 Å². The van der Waals surface area contributed by atoms with Crippen LogP contribution in [0.4, 0.5) is 5.00 Å². The lowest BCUT2D eigenvalue weighted by molar-refractivity contribution is 0.102. The van der Waals surface area contributed by atoms with E-state index >= 15 is 0 Å². The normalized spacial score (nSPS) is 9.87. The first-order valence-corrected chi connectivity index (χ1v) is 7.77. The van der Waals surface area contributed by atoms with Crippen LogP contribution in [0.25, 0.3) is 0 Å². The molecule has 0 aliphatic heterocycles. The second-order valence-electron chi connectivity index (χ2n) is 4.64. The van der Waals surface area contributed by atoms with Crippen molar-refractivity contribution in [2.45, 2.75) is 0 Å². The van der Waals surface area contributed by atoms with Gasteiger partial charge in [0.05, 0.1) is 11.1 Å². The van der Waals surface area contributed by atoms with Crippen LogP contribution in [0.15, 0.2) is 66.0 Å². The topological polar surface area (TPSA) is 62.1 Å². The summed E-state index contributed by atoms with van der Waals surface area (Å²) in [4.78, 5) is 12.5. The molecular weight excluding hydrogens is 308 g/mol. The summed E-state index contributed by atoms with van der Waals surface area (Å²) in [6, 6.07) is 20.0. The molecule has 23 heavy (non-hydrogen) atoms. The molecule has 1 aromatic heterocycles. The molecule has 3 rings (SSSR count). The minimum atomic E-state index is -0.310. The molecule has 1 heterocycles. The SMILES string of the molecule is N#Cc1ccsc1NC(=O)c1ccccc1Oc1ccccc1. The highest BCUT2D eigenvalue weighted by atomic mass is 32.1. The van der Waals surface area contributed by atoms with Gasteiger partial charge in [-0.15, -0.1) is 11.3 Å². The van der Waals surface area contributed by atoms with Crippen molar-refractivity contribution < 1.29 is 9.53 Å². The third-order valence-electron chi connectivity index (χ3n) is 3.12. The number of rotatable bonds is 4. The Kier molecular flexibility index (Phi) is 4.37. The van der Waals surface area contributed by atoms with Gasteiger partial charge in [-0.1, -0.05) is 30.3 Å². The number of carbonyl (C=O) groups is 1. The lowest BCUT2D eigenvalue weighted by atomic mass is 10.2. The van der Waals surface area contributed by atoms with E-state index in [1.54, 1.807) is 35.7 Å². The highest BCUT2D eigenvalue weighted by molar-refractivity contribution is 7.14. The van der Waals surface area contributed by atoms with E-state index in [0.29, 0.717) is 27.6 Å². The molecule has 0 aliphatic carbocycles. The van der Waals surface area contributed by atoms with Gasteiger partial charge < -0.3 is 10.1 Å². The van der Waals surface area contributed by atoms with Crippen LogP contribution < -0.4 is 10.1 Å². The average Bonchev–Trinajstić information content (AvgIpc) is 3.03. The number of anilines is 1. The monoisotopic (exact) mass is 320 g/mol. The zero-order valence-electron chi connectivity index (χ0n) is 12.0. The van der Waals surface area contributed by atoms with E-state index in [4.69, 9.17) is 10.00 Å². The molecule has 0 spiro atoms. The Labute approximate surface area is 137 Å². The predicted molar refractivity (Wildman–Crippen MR) is 89.9 cm³/mol. The smallest absolute Gasteiger partial charge is 0.260 e. The highest BCUT2D eigenvalue weighted by Gasteiger charge is 2.15. The summed E-state index contributed by atoms with van der Waals surface area (Å²) in [5, 5.41) is 14.1. The van der Waals surface area contributed by atoms with E-state index in [0.717, 1.165) is 0 Å². The molecule has 0 saturated heterocycles. The Bertz CT molecular complexity index is 866. The van der Waals surface area contributed by atoms with Gasteiger partial charge in [0.15, 0.2) is 0 Å². The minimum absolute atomic E-state index is 0.310. The van der Waals surface area contributed by atoms with Crippen LogP contribution >= 0.6 is 11.3 Å². The molecule has 3 aromatic rings. The van der Waals surface area contributed by atoms with Crippen molar-refractivity contribution >= 4 is 22.2 Å². The first-order chi connectivity index (χ1) is 11.3. The standard InChI is InChI=1S/C18H12N2O2S/c19-12-13-10-11-23-18(13)20-17(21)15-8-4-5-9-16(15)22-14-6-2-1-3-7-14/h1-11H,(H,20,21). The van der Waals surface area contributed by atoms with E-state index in [1.807, 2.05) is 30.3 Å². The molecule has 4 nitrogen and oxygen atoms in total. The highest BCUT2D eigenvalue weighted by Crippen LogP contribution is 2.27. The zero-order chi connectivity index (χ0) is 16.1. The average molecular weight is 320 g/mol. The summed E-state index contributed by atoms with van der Waals surface area (Å²) in [6.07, 6.45) is 0. The van der Waals surface area contributed by atoms with E-state index < -0.39 is 0 Å². The molecule has 0 fully saturated rings. The number of hydrogen-bond donors (Lipinski definition) is 1. The van der Waals surface area contributed by atoms with Gasteiger partial charge in [-0.3, -0.25) is 4.79 Å². The summed E-state index contributed by atoms with van der Waals surface area (Å²) < 4.78 is 5.78. The van der Waals surface area contributed by atoms with Gasteiger partial charge in [0, 0.05) is 0 Å². The Balaban J connectivity index is 1.85. The number of nitrogens with one attached hydrogen (secondary N) is 1. The van der Waals surface area contributed by atoms with Crippen molar-refractivity contribution in [2.24, 2.45) is 0 Å². The van der Waals surface area contributed by atoms with Crippen LogP contribution in [0, 0.1) is 11.3 Å². The van der Waals surface area contributed by atoms with Crippen molar-refractivity contribution in [3.8, 4) is 17.6 Å². The molecule has 0 atom stereocenters. The lowest BCUT2D eigenvalue weighted by Gasteiger charge is -2.11. The summed E-state index contributed by atoms with van der Waals surface area (Å²) in [5.41, 5.74) is 0.860. The van der Waals surface area contributed by atoms with E-state index in [1.165, 1.54) is 11.3 Å². The molecule has 112 valence electrons. The fourth-order valence-electron chi connectivity index (χ4n) is 2.02. The molecule has 2 aromatic carbocycles. The van der Waals surface area contributed by atoms with Crippen LogP contribution in [0.3, 0.4) is 0 Å². The Morgan fingerprint density at radius 2 is 1.78 bits per heavy atom. The second kappa shape index (κ2) is 6.77. The fourth-order valence-corrected chi connectivity index (χ4v) is 2.76. The maximum absolute atomic E-state index is 12.5. The van der Waals surface area contributed by atoms with Crippen LogP contribution in [-0.4, -0.2) is 5.91 Å². The molecule has 5 heteroatoms. The maximum Gasteiger partial charge on any atom is 0.260 e. The van der Waals surface area contributed by atoms with Crippen LogP contribution in [0.2, 0.25) is 0 Å². The molecule has 0 aliphatic rings. The zero-order valence-corrected chi connectivity index (χ0v) is 12.8. The van der Waals surface area contributed by atoms with Gasteiger partial charge in [0.2, 0.25) is 0 Å². The van der Waals surface area contributed by atoms with Gasteiger partial charge in [0.1, 0.15) is 22.6 Å². The van der Waals surface area contributed by atoms with Crippen molar-refractivity contribution in [3.63, 3.8) is 0 Å². The number of hydrogen-bond acceptors (Lipinski definition) is 4. The lowest BCUT2D eigenvalue weighted by Crippen LogP contribution is -2.12. The van der Waals surface area contributed by atoms with Crippen LogP contribution in [0.5, 0.6) is 11.5 Å². The summed E-state index contributed by atoms with van der Waals surface area (Å²) in [6.45, 7) is 0. The number of carbonyl (C=O) groups excluding carboxylic acids is 1. The van der Waals surface area contributed by atoms with Crippen molar-refractivity contribution in [3.05, 3.63) is 77.2 Å². The first kappa shape index (κ1) is 14.8. The third-order valence-corrected chi connectivity index (χ3v) is 3.95. The van der Waals surface area contributed by atoms with Gasteiger partial charge in [-0.2, -0.15) is 5.26 Å². The summed E-state index contributed by atoms with van der Waals surface area (Å²) >= 11 is 1.31. The van der Waals surface area contributed by atoms with Crippen LogP contribution in [0.1, 0.15) is 15.9 Å². The van der Waals surface area contributed by atoms with Gasteiger partial charge >= 0.3 is 0 Å². The van der Waals surface area contributed by atoms with E-state index in [2.05, 4.69) is 11.4 Å². The Hall–Kier alpha value is -3.10. The number of thiophene rings is 1. The summed E-state index contributed by atoms with van der Waals surface area (Å²) in [7, 11) is 0.